The van der Waals surface area contributed by atoms with Crippen molar-refractivity contribution in [1.82, 2.24) is 20.0 Å². The molecule has 168 valence electrons. The highest BCUT2D eigenvalue weighted by atomic mass is 16.5. The first-order valence-electron chi connectivity index (χ1n) is 11.1. The molecule has 3 fully saturated rings. The van der Waals surface area contributed by atoms with Crippen LogP contribution in [-0.4, -0.2) is 89.4 Å². The fourth-order valence-electron chi connectivity index (χ4n) is 4.58. The van der Waals surface area contributed by atoms with Crippen LogP contribution in [0.1, 0.15) is 52.9 Å². The molecule has 2 aliphatic heterocycles. The molecule has 2 saturated heterocycles. The van der Waals surface area contributed by atoms with Crippen LogP contribution in [0.25, 0.3) is 0 Å². The van der Waals surface area contributed by atoms with Crippen LogP contribution in [-0.2, 0) is 19.1 Å². The van der Waals surface area contributed by atoms with Crippen LogP contribution in [0.5, 0.6) is 0 Å². The van der Waals surface area contributed by atoms with Gasteiger partial charge in [0, 0.05) is 19.1 Å². The van der Waals surface area contributed by atoms with Crippen LogP contribution in [0.2, 0.25) is 0 Å². The second kappa shape index (κ2) is 9.32. The van der Waals surface area contributed by atoms with Gasteiger partial charge < -0.3 is 15.0 Å². The summed E-state index contributed by atoms with van der Waals surface area (Å²) >= 11 is 0. The van der Waals surface area contributed by atoms with E-state index in [-0.39, 0.29) is 49.3 Å². The Morgan fingerprint density at radius 2 is 1.97 bits per heavy atom. The van der Waals surface area contributed by atoms with Gasteiger partial charge in [-0.3, -0.25) is 24.2 Å². The topological polar surface area (TPSA) is 99.3 Å². The molecule has 9 heteroatoms. The average molecular weight is 423 g/mol. The van der Waals surface area contributed by atoms with E-state index >= 15 is 0 Å². The van der Waals surface area contributed by atoms with Crippen molar-refractivity contribution in [1.29, 1.82) is 0 Å². The number of carbonyl (C=O) groups excluding carboxylic acids is 4. The number of urea groups is 1. The number of carbonyl (C=O) groups is 4. The minimum atomic E-state index is -0.905. The van der Waals surface area contributed by atoms with Gasteiger partial charge in [0.25, 0.3) is 5.91 Å². The number of likely N-dealkylation sites (N-methyl/N-ethyl adjacent to an activating group) is 1. The number of rotatable bonds is 10. The van der Waals surface area contributed by atoms with Gasteiger partial charge in [-0.15, -0.1) is 0 Å². The van der Waals surface area contributed by atoms with E-state index in [1.165, 1.54) is 0 Å². The molecule has 0 aromatic rings. The number of hydrogen-bond acceptors (Lipinski definition) is 6. The lowest BCUT2D eigenvalue weighted by molar-refractivity contribution is -0.145. The van der Waals surface area contributed by atoms with Crippen LogP contribution >= 0.6 is 0 Å². The molecule has 2 atom stereocenters. The van der Waals surface area contributed by atoms with Gasteiger partial charge in [0.2, 0.25) is 5.91 Å². The van der Waals surface area contributed by atoms with Crippen molar-refractivity contribution in [3.8, 4) is 0 Å². The van der Waals surface area contributed by atoms with Crippen LogP contribution in [0.3, 0.4) is 0 Å². The fourth-order valence-corrected chi connectivity index (χ4v) is 4.58. The van der Waals surface area contributed by atoms with Crippen LogP contribution < -0.4 is 5.32 Å². The number of nitrogens with zero attached hydrogens (tertiary/aromatic N) is 3. The number of esters is 1. The van der Waals surface area contributed by atoms with Crippen molar-refractivity contribution in [2.24, 2.45) is 5.92 Å². The van der Waals surface area contributed by atoms with Gasteiger partial charge in [-0.2, -0.15) is 0 Å². The summed E-state index contributed by atoms with van der Waals surface area (Å²) in [6.45, 7) is 8.17. The summed E-state index contributed by atoms with van der Waals surface area (Å²) in [6, 6.07) is -0.287. The number of hydrogen-bond donors (Lipinski definition) is 1. The summed E-state index contributed by atoms with van der Waals surface area (Å²) in [4.78, 5) is 55.2. The Hall–Kier alpha value is -2.16. The summed E-state index contributed by atoms with van der Waals surface area (Å²) in [5.74, 6) is -0.855. The van der Waals surface area contributed by atoms with E-state index in [1.807, 2.05) is 0 Å². The van der Waals surface area contributed by atoms with Crippen molar-refractivity contribution in [3.05, 3.63) is 0 Å². The van der Waals surface area contributed by atoms with Crippen LogP contribution in [0.4, 0.5) is 4.79 Å². The Morgan fingerprint density at radius 1 is 1.23 bits per heavy atom. The SMILES string of the molecule is CCOC(=O)CCN(CC1CCCN1CC)C(=O)CN1C(=O)NC(C)(C2CC2)C1=O. The van der Waals surface area contributed by atoms with E-state index in [4.69, 9.17) is 4.74 Å². The highest BCUT2D eigenvalue weighted by molar-refractivity contribution is 6.09. The monoisotopic (exact) mass is 422 g/mol. The molecule has 0 radical (unpaired) electrons. The predicted octanol–water partition coefficient (Wildman–Crippen LogP) is 0.973. The molecular formula is C21H34N4O5. The first-order valence-corrected chi connectivity index (χ1v) is 11.1. The third kappa shape index (κ3) is 4.77. The van der Waals surface area contributed by atoms with Gasteiger partial charge >= 0.3 is 12.0 Å². The maximum atomic E-state index is 13.1. The minimum Gasteiger partial charge on any atom is -0.466 e. The molecule has 2 heterocycles. The van der Waals surface area contributed by atoms with E-state index in [0.717, 1.165) is 43.7 Å². The molecule has 30 heavy (non-hydrogen) atoms. The van der Waals surface area contributed by atoms with Crippen molar-refractivity contribution < 1.29 is 23.9 Å². The summed E-state index contributed by atoms with van der Waals surface area (Å²) in [7, 11) is 0. The minimum absolute atomic E-state index is 0.0956. The Labute approximate surface area is 178 Å². The van der Waals surface area contributed by atoms with Gasteiger partial charge in [0.05, 0.1) is 13.0 Å². The highest BCUT2D eigenvalue weighted by Gasteiger charge is 2.56. The summed E-state index contributed by atoms with van der Waals surface area (Å²) < 4.78 is 5.00. The fraction of sp³-hybridized carbons (Fsp3) is 0.810. The molecule has 0 bridgehead atoms. The summed E-state index contributed by atoms with van der Waals surface area (Å²) in [5, 5.41) is 2.78. The van der Waals surface area contributed by atoms with Gasteiger partial charge in [0.1, 0.15) is 12.1 Å². The number of amides is 4. The average Bonchev–Trinajstić information content (AvgIpc) is 3.44. The molecule has 1 aliphatic carbocycles. The lowest BCUT2D eigenvalue weighted by atomic mass is 9.96. The third-order valence-electron chi connectivity index (χ3n) is 6.57. The normalized spacial score (nSPS) is 26.8. The van der Waals surface area contributed by atoms with E-state index in [0.29, 0.717) is 13.2 Å². The van der Waals surface area contributed by atoms with E-state index in [9.17, 15) is 19.2 Å². The zero-order valence-corrected chi connectivity index (χ0v) is 18.3. The quantitative estimate of drug-likeness (QED) is 0.416. The number of likely N-dealkylation sites (tertiary alicyclic amines) is 1. The molecule has 0 aromatic carbocycles. The van der Waals surface area contributed by atoms with Crippen molar-refractivity contribution in [2.75, 3.05) is 39.3 Å². The number of imide groups is 1. The second-order valence-electron chi connectivity index (χ2n) is 8.62. The first kappa shape index (κ1) is 22.5. The van der Waals surface area contributed by atoms with E-state index in [2.05, 4.69) is 17.1 Å². The lowest BCUT2D eigenvalue weighted by Gasteiger charge is -2.31. The predicted molar refractivity (Wildman–Crippen MR) is 109 cm³/mol. The number of ether oxygens (including phenoxy) is 1. The Bertz CT molecular complexity index is 695. The van der Waals surface area contributed by atoms with Gasteiger partial charge in [-0.1, -0.05) is 6.92 Å². The van der Waals surface area contributed by atoms with Gasteiger partial charge in [-0.05, 0) is 58.5 Å². The second-order valence-corrected chi connectivity index (χ2v) is 8.62. The zero-order chi connectivity index (χ0) is 21.9. The Kier molecular flexibility index (Phi) is 7.00. The van der Waals surface area contributed by atoms with Crippen molar-refractivity contribution in [3.63, 3.8) is 0 Å². The van der Waals surface area contributed by atoms with Gasteiger partial charge in [0.15, 0.2) is 0 Å². The van der Waals surface area contributed by atoms with E-state index < -0.39 is 11.6 Å². The standard InChI is InChI=1S/C21H34N4O5/c1-4-23-11-6-7-16(23)13-24(12-10-18(27)30-5-2)17(26)14-25-19(28)21(3,15-8-9-15)22-20(25)29/h15-16H,4-14H2,1-3H3,(H,22,29). The molecule has 1 N–H and O–H groups in total. The largest absolute Gasteiger partial charge is 0.466 e. The molecular weight excluding hydrogens is 388 g/mol. The Balaban J connectivity index is 1.66. The molecule has 0 aromatic heterocycles. The molecule has 2 unspecified atom stereocenters. The maximum Gasteiger partial charge on any atom is 0.325 e. The smallest absolute Gasteiger partial charge is 0.325 e. The van der Waals surface area contributed by atoms with Crippen molar-refractivity contribution in [2.45, 2.75) is 64.5 Å². The molecule has 1 saturated carbocycles. The molecule has 9 nitrogen and oxygen atoms in total. The molecule has 3 rings (SSSR count). The molecule has 3 aliphatic rings. The Morgan fingerprint density at radius 3 is 2.60 bits per heavy atom. The molecule has 0 spiro atoms. The number of nitrogens with one attached hydrogen (secondary N) is 1. The maximum absolute atomic E-state index is 13.1. The third-order valence-corrected chi connectivity index (χ3v) is 6.57. The summed E-state index contributed by atoms with van der Waals surface area (Å²) in [5.41, 5.74) is -0.905. The first-order chi connectivity index (χ1) is 14.3. The van der Waals surface area contributed by atoms with Crippen LogP contribution in [0, 0.1) is 5.92 Å². The van der Waals surface area contributed by atoms with Crippen LogP contribution in [0.15, 0.2) is 0 Å². The zero-order valence-electron chi connectivity index (χ0n) is 18.3. The lowest BCUT2D eigenvalue weighted by Crippen LogP contribution is -2.49. The van der Waals surface area contributed by atoms with E-state index in [1.54, 1.807) is 18.7 Å². The van der Waals surface area contributed by atoms with Crippen molar-refractivity contribution >= 4 is 23.8 Å². The summed E-state index contributed by atoms with van der Waals surface area (Å²) in [6.07, 6.45) is 3.97. The highest BCUT2D eigenvalue weighted by Crippen LogP contribution is 2.42. The van der Waals surface area contributed by atoms with Gasteiger partial charge in [-0.25, -0.2) is 4.79 Å². The molecule has 4 amide bonds.